The van der Waals surface area contributed by atoms with Gasteiger partial charge in [-0.15, -0.1) is 0 Å². The highest BCUT2D eigenvalue weighted by molar-refractivity contribution is 5.94. The van der Waals surface area contributed by atoms with Crippen molar-refractivity contribution in [2.75, 3.05) is 20.2 Å². The number of ether oxygens (including phenoxy) is 1. The molecule has 0 aliphatic rings. The molecule has 0 saturated heterocycles. The quantitative estimate of drug-likeness (QED) is 0.884. The second kappa shape index (κ2) is 7.51. The average Bonchev–Trinajstić information content (AvgIpc) is 2.55. The van der Waals surface area contributed by atoms with Crippen molar-refractivity contribution in [3.8, 4) is 5.75 Å². The van der Waals surface area contributed by atoms with Gasteiger partial charge in [0.2, 0.25) is 0 Å². The third-order valence-corrected chi connectivity index (χ3v) is 3.14. The molecule has 0 atom stereocenters. The molecule has 1 aromatic carbocycles. The number of nitrogens with two attached hydrogens (primary N) is 1. The van der Waals surface area contributed by atoms with E-state index in [1.807, 2.05) is 0 Å². The average molecular weight is 303 g/mol. The Labute approximate surface area is 128 Å². The molecule has 2 N–H and O–H groups in total. The summed E-state index contributed by atoms with van der Waals surface area (Å²) in [7, 11) is 1.66. The van der Waals surface area contributed by atoms with Crippen molar-refractivity contribution >= 4 is 5.91 Å². The van der Waals surface area contributed by atoms with Gasteiger partial charge in [-0.3, -0.25) is 9.78 Å². The van der Waals surface area contributed by atoms with Gasteiger partial charge in [-0.25, -0.2) is 4.39 Å². The molecule has 0 saturated carbocycles. The zero-order chi connectivity index (χ0) is 15.9. The highest BCUT2D eigenvalue weighted by atomic mass is 19.1. The fourth-order valence-electron chi connectivity index (χ4n) is 1.90. The summed E-state index contributed by atoms with van der Waals surface area (Å²) in [5, 5.41) is 0. The number of carbonyl (C=O) groups excluding carboxylic acids is 1. The summed E-state index contributed by atoms with van der Waals surface area (Å²) in [5.74, 6) is -0.398. The number of hydrogen-bond donors (Lipinski definition) is 1. The number of amides is 1. The first-order valence-corrected chi connectivity index (χ1v) is 6.89. The normalized spacial score (nSPS) is 10.3. The van der Waals surface area contributed by atoms with Gasteiger partial charge in [-0.1, -0.05) is 12.1 Å². The molecule has 0 radical (unpaired) electrons. The van der Waals surface area contributed by atoms with E-state index < -0.39 is 5.82 Å². The summed E-state index contributed by atoms with van der Waals surface area (Å²) in [5.41, 5.74) is 6.68. The second-order valence-electron chi connectivity index (χ2n) is 4.75. The summed E-state index contributed by atoms with van der Waals surface area (Å²) in [6.07, 6.45) is 1.55. The van der Waals surface area contributed by atoms with Crippen molar-refractivity contribution in [3.63, 3.8) is 0 Å². The molecule has 2 aromatic rings. The molecule has 0 unspecified atom stereocenters. The number of halogens is 1. The first kappa shape index (κ1) is 15.9. The summed E-state index contributed by atoms with van der Waals surface area (Å²) >= 11 is 0. The van der Waals surface area contributed by atoms with E-state index in [9.17, 15) is 9.18 Å². The first-order chi connectivity index (χ1) is 10.6. The van der Waals surface area contributed by atoms with Crippen LogP contribution in [0.1, 0.15) is 16.1 Å². The van der Waals surface area contributed by atoms with Gasteiger partial charge in [0, 0.05) is 25.4 Å². The molecule has 116 valence electrons. The second-order valence-corrected chi connectivity index (χ2v) is 4.75. The molecular formula is C16H18FN3O2. The number of pyridine rings is 1. The Bertz CT molecular complexity index is 649. The van der Waals surface area contributed by atoms with Crippen LogP contribution in [0, 0.1) is 5.82 Å². The van der Waals surface area contributed by atoms with Crippen LogP contribution in [-0.2, 0) is 6.54 Å². The maximum Gasteiger partial charge on any atom is 0.253 e. The molecule has 6 heteroatoms. The monoisotopic (exact) mass is 303 g/mol. The number of rotatable bonds is 6. The van der Waals surface area contributed by atoms with E-state index >= 15 is 0 Å². The fourth-order valence-corrected chi connectivity index (χ4v) is 1.90. The lowest BCUT2D eigenvalue weighted by Crippen LogP contribution is -2.31. The number of hydrogen-bond acceptors (Lipinski definition) is 4. The van der Waals surface area contributed by atoms with E-state index in [4.69, 9.17) is 10.5 Å². The molecule has 0 bridgehead atoms. The number of nitrogens with zero attached hydrogens (tertiary/aromatic N) is 2. The van der Waals surface area contributed by atoms with Gasteiger partial charge in [-0.2, -0.15) is 0 Å². The Balaban J connectivity index is 1.90. The van der Waals surface area contributed by atoms with Crippen LogP contribution in [0.5, 0.6) is 5.75 Å². The minimum Gasteiger partial charge on any atom is -0.489 e. The van der Waals surface area contributed by atoms with Crippen molar-refractivity contribution in [2.24, 2.45) is 5.73 Å². The van der Waals surface area contributed by atoms with Crippen molar-refractivity contribution in [3.05, 3.63) is 59.7 Å². The van der Waals surface area contributed by atoms with Crippen LogP contribution >= 0.6 is 0 Å². The number of likely N-dealkylation sites (N-methyl/N-ethyl adjacent to an activating group) is 1. The van der Waals surface area contributed by atoms with Crippen LogP contribution < -0.4 is 10.5 Å². The van der Waals surface area contributed by atoms with Crippen LogP contribution in [-0.4, -0.2) is 36.0 Å². The lowest BCUT2D eigenvalue weighted by Gasteiger charge is -2.18. The standard InChI is InChI=1S/C16H18FN3O2/c1-20(8-9-22-15-5-3-2-4-14(15)17)16(21)12-6-7-19-13(10-12)11-18/h2-7,10H,8-9,11,18H2,1H3. The van der Waals surface area contributed by atoms with Crippen LogP contribution in [0.3, 0.4) is 0 Å². The van der Waals surface area contributed by atoms with E-state index in [1.165, 1.54) is 11.0 Å². The molecule has 0 spiro atoms. The molecule has 5 nitrogen and oxygen atoms in total. The van der Waals surface area contributed by atoms with E-state index in [1.54, 1.807) is 43.6 Å². The third-order valence-electron chi connectivity index (χ3n) is 3.14. The van der Waals surface area contributed by atoms with Crippen molar-refractivity contribution < 1.29 is 13.9 Å². The smallest absolute Gasteiger partial charge is 0.253 e. The summed E-state index contributed by atoms with van der Waals surface area (Å²) < 4.78 is 18.7. The predicted molar refractivity (Wildman–Crippen MR) is 81.0 cm³/mol. The molecular weight excluding hydrogens is 285 g/mol. The molecule has 22 heavy (non-hydrogen) atoms. The molecule has 2 rings (SSSR count). The highest BCUT2D eigenvalue weighted by Crippen LogP contribution is 2.15. The van der Waals surface area contributed by atoms with E-state index in [-0.39, 0.29) is 24.8 Å². The summed E-state index contributed by atoms with van der Waals surface area (Å²) in [4.78, 5) is 17.8. The Morgan fingerprint density at radius 3 is 2.86 bits per heavy atom. The minimum atomic E-state index is -0.418. The Kier molecular flexibility index (Phi) is 5.43. The molecule has 0 aliphatic carbocycles. The van der Waals surface area contributed by atoms with Gasteiger partial charge >= 0.3 is 0 Å². The predicted octanol–water partition coefficient (Wildman–Crippen LogP) is 1.83. The van der Waals surface area contributed by atoms with Gasteiger partial charge in [0.25, 0.3) is 5.91 Å². The molecule has 0 fully saturated rings. The van der Waals surface area contributed by atoms with Gasteiger partial charge < -0.3 is 15.4 Å². The van der Waals surface area contributed by atoms with Gasteiger partial charge in [0.05, 0.1) is 12.2 Å². The van der Waals surface area contributed by atoms with Crippen LogP contribution in [0.15, 0.2) is 42.6 Å². The van der Waals surface area contributed by atoms with Crippen LogP contribution in [0.2, 0.25) is 0 Å². The Hall–Kier alpha value is -2.47. The number of carbonyl (C=O) groups is 1. The van der Waals surface area contributed by atoms with Crippen LogP contribution in [0.25, 0.3) is 0 Å². The maximum absolute atomic E-state index is 13.4. The topological polar surface area (TPSA) is 68.5 Å². The zero-order valence-electron chi connectivity index (χ0n) is 12.3. The maximum atomic E-state index is 13.4. The minimum absolute atomic E-state index is 0.158. The number of aromatic nitrogens is 1. The fraction of sp³-hybridized carbons (Fsp3) is 0.250. The Morgan fingerprint density at radius 1 is 1.36 bits per heavy atom. The van der Waals surface area contributed by atoms with Crippen molar-refractivity contribution in [2.45, 2.75) is 6.54 Å². The van der Waals surface area contributed by atoms with Gasteiger partial charge in [0.1, 0.15) is 6.61 Å². The van der Waals surface area contributed by atoms with E-state index in [2.05, 4.69) is 4.98 Å². The van der Waals surface area contributed by atoms with Crippen LogP contribution in [0.4, 0.5) is 4.39 Å². The molecule has 1 heterocycles. The van der Waals surface area contributed by atoms with Gasteiger partial charge in [0.15, 0.2) is 11.6 Å². The molecule has 1 aromatic heterocycles. The largest absolute Gasteiger partial charge is 0.489 e. The number of benzene rings is 1. The SMILES string of the molecule is CN(CCOc1ccccc1F)C(=O)c1ccnc(CN)c1. The summed E-state index contributed by atoms with van der Waals surface area (Å²) in [6.45, 7) is 0.826. The van der Waals surface area contributed by atoms with Gasteiger partial charge in [-0.05, 0) is 24.3 Å². The Morgan fingerprint density at radius 2 is 2.14 bits per heavy atom. The van der Waals surface area contributed by atoms with E-state index in [0.717, 1.165) is 0 Å². The molecule has 0 aliphatic heterocycles. The highest BCUT2D eigenvalue weighted by Gasteiger charge is 2.12. The first-order valence-electron chi connectivity index (χ1n) is 6.89. The van der Waals surface area contributed by atoms with Crippen molar-refractivity contribution in [1.82, 2.24) is 9.88 Å². The van der Waals surface area contributed by atoms with Crippen molar-refractivity contribution in [1.29, 1.82) is 0 Å². The lowest BCUT2D eigenvalue weighted by molar-refractivity contribution is 0.0772. The number of para-hydroxylation sites is 1. The zero-order valence-corrected chi connectivity index (χ0v) is 12.3. The lowest BCUT2D eigenvalue weighted by atomic mass is 10.2. The summed E-state index contributed by atoms with van der Waals surface area (Å²) in [6, 6.07) is 9.46. The third kappa shape index (κ3) is 4.02. The van der Waals surface area contributed by atoms with E-state index in [0.29, 0.717) is 17.8 Å². The molecule has 1 amide bonds.